The zero-order valence-electron chi connectivity index (χ0n) is 27.9. The van der Waals surface area contributed by atoms with Crippen LogP contribution >= 0.6 is 23.1 Å². The lowest BCUT2D eigenvalue weighted by molar-refractivity contribution is 0.0682. The Balaban J connectivity index is 1.20. The minimum absolute atomic E-state index is 0.0138. The molecule has 5 heterocycles. The molecule has 14 heteroatoms. The second kappa shape index (κ2) is 12.1. The van der Waals surface area contributed by atoms with Gasteiger partial charge < -0.3 is 20.3 Å². The van der Waals surface area contributed by atoms with Gasteiger partial charge in [0.15, 0.2) is 17.5 Å². The molecule has 2 saturated carbocycles. The maximum absolute atomic E-state index is 16.8. The number of hydrogen-bond donors (Lipinski definition) is 1. The van der Waals surface area contributed by atoms with Gasteiger partial charge in [-0.1, -0.05) is 0 Å². The van der Waals surface area contributed by atoms with E-state index < -0.39 is 17.5 Å². The molecule has 2 saturated heterocycles. The highest BCUT2D eigenvalue weighted by Crippen LogP contribution is 2.50. The van der Waals surface area contributed by atoms with Crippen molar-refractivity contribution in [2.75, 3.05) is 63.0 Å². The summed E-state index contributed by atoms with van der Waals surface area (Å²) in [6.45, 7) is 2.06. The third-order valence-electron chi connectivity index (χ3n) is 11.4. The van der Waals surface area contributed by atoms with Crippen molar-refractivity contribution in [3.63, 3.8) is 0 Å². The van der Waals surface area contributed by atoms with Gasteiger partial charge in [0, 0.05) is 71.8 Å². The Morgan fingerprint density at radius 1 is 1.08 bits per heavy atom. The van der Waals surface area contributed by atoms with E-state index >= 15 is 4.39 Å². The Morgan fingerprint density at radius 2 is 1.82 bits per heavy atom. The van der Waals surface area contributed by atoms with E-state index in [1.165, 1.54) is 30.5 Å². The van der Waals surface area contributed by atoms with Crippen molar-refractivity contribution in [1.82, 2.24) is 24.8 Å². The number of thiophene rings is 1. The van der Waals surface area contributed by atoms with Gasteiger partial charge in [-0.2, -0.15) is 27.0 Å². The number of hydrogen-bond acceptors (Lipinski definition) is 11. The summed E-state index contributed by atoms with van der Waals surface area (Å²) in [6.07, 6.45) is 9.27. The highest BCUT2D eigenvalue weighted by molar-refractivity contribution is 7.99. The number of ether oxygens (including phenoxy) is 1. The molecule has 2 aliphatic carbocycles. The fourth-order valence-electron chi connectivity index (χ4n) is 8.04. The van der Waals surface area contributed by atoms with Crippen LogP contribution < -0.4 is 15.4 Å². The van der Waals surface area contributed by atoms with Gasteiger partial charge in [-0.05, 0) is 65.1 Å². The van der Waals surface area contributed by atoms with E-state index in [1.807, 2.05) is 18.0 Å². The van der Waals surface area contributed by atoms with Crippen LogP contribution in [0.25, 0.3) is 32.2 Å². The molecule has 2 bridgehead atoms. The lowest BCUT2D eigenvalue weighted by atomic mass is 9.75. The van der Waals surface area contributed by atoms with Crippen LogP contribution in [0.5, 0.6) is 6.01 Å². The van der Waals surface area contributed by atoms with E-state index in [2.05, 4.69) is 45.6 Å². The molecule has 1 aromatic carbocycles. The summed E-state index contributed by atoms with van der Waals surface area (Å²) in [7, 11) is 6.08. The average molecular weight is 709 g/mol. The zero-order valence-corrected chi connectivity index (χ0v) is 29.5. The van der Waals surface area contributed by atoms with Crippen molar-refractivity contribution in [3.05, 3.63) is 35.3 Å². The maximum atomic E-state index is 16.8. The first kappa shape index (κ1) is 32.8. The number of nitriles is 1. The number of likely N-dealkylation sites (N-methyl/N-ethyl adjacent to an activating group) is 2. The van der Waals surface area contributed by atoms with E-state index in [9.17, 15) is 14.0 Å². The second-order valence-corrected chi connectivity index (χ2v) is 16.7. The molecule has 0 amide bonds. The highest BCUT2D eigenvalue weighted by Gasteiger charge is 2.49. The van der Waals surface area contributed by atoms with E-state index in [-0.39, 0.29) is 54.4 Å². The quantitative estimate of drug-likeness (QED) is 0.198. The van der Waals surface area contributed by atoms with E-state index in [1.54, 1.807) is 0 Å². The molecule has 4 fully saturated rings. The molecule has 2 N–H and O–H groups in total. The molecule has 8 rings (SSSR count). The summed E-state index contributed by atoms with van der Waals surface area (Å²) in [4.78, 5) is 20.8. The van der Waals surface area contributed by atoms with Gasteiger partial charge in [0.2, 0.25) is 0 Å². The first-order valence-electron chi connectivity index (χ1n) is 16.8. The fourth-order valence-corrected chi connectivity index (χ4v) is 10.4. The van der Waals surface area contributed by atoms with Crippen molar-refractivity contribution in [2.24, 2.45) is 5.41 Å². The number of thioether (sulfide) groups is 1. The molecule has 0 spiro atoms. The topological polar surface area (TPSA) is 107 Å². The summed E-state index contributed by atoms with van der Waals surface area (Å²) < 4.78 is 52.9. The molecule has 4 aromatic rings. The molecule has 258 valence electrons. The fraction of sp³-hybridized carbons (Fsp3) is 0.543. The smallest absolute Gasteiger partial charge is 0.319 e. The number of anilines is 2. The number of rotatable bonds is 10. The molecule has 3 aromatic heterocycles. The monoisotopic (exact) mass is 708 g/mol. The van der Waals surface area contributed by atoms with E-state index in [0.29, 0.717) is 36.4 Å². The average Bonchev–Trinajstić information content (AvgIpc) is 3.70. The van der Waals surface area contributed by atoms with Crippen molar-refractivity contribution >= 4 is 54.9 Å². The van der Waals surface area contributed by atoms with Crippen LogP contribution in [0, 0.1) is 34.2 Å². The lowest BCUT2D eigenvalue weighted by Crippen LogP contribution is -2.56. The van der Waals surface area contributed by atoms with Gasteiger partial charge in [-0.25, -0.2) is 13.2 Å². The zero-order chi connectivity index (χ0) is 34.2. The number of nitrogen functional groups attached to an aromatic ring is 1. The van der Waals surface area contributed by atoms with Crippen LogP contribution in [0.4, 0.5) is 24.0 Å². The molecule has 49 heavy (non-hydrogen) atoms. The first-order chi connectivity index (χ1) is 23.5. The molecule has 4 aliphatic rings. The van der Waals surface area contributed by atoms with Gasteiger partial charge in [0.05, 0.1) is 22.3 Å². The number of aromatic nitrogens is 3. The number of fused-ring (bicyclic) bond motifs is 4. The summed E-state index contributed by atoms with van der Waals surface area (Å²) in [6, 6.07) is 4.14. The number of halogens is 3. The van der Waals surface area contributed by atoms with E-state index in [4.69, 9.17) is 15.5 Å². The summed E-state index contributed by atoms with van der Waals surface area (Å²) in [5.74, 6) is -0.328. The second-order valence-electron chi connectivity index (χ2n) is 14.6. The number of nitrogens with two attached hydrogens (primary N) is 1. The van der Waals surface area contributed by atoms with Crippen LogP contribution in [-0.2, 0) is 0 Å². The third-order valence-corrected chi connectivity index (χ3v) is 13.6. The molecule has 2 atom stereocenters. The first-order valence-corrected chi connectivity index (χ1v) is 18.8. The van der Waals surface area contributed by atoms with Crippen LogP contribution in [0.3, 0.4) is 0 Å². The number of nitrogens with zero attached hydrogens (tertiary/aromatic N) is 7. The van der Waals surface area contributed by atoms with Gasteiger partial charge >= 0.3 is 6.01 Å². The van der Waals surface area contributed by atoms with Crippen LogP contribution in [-0.4, -0.2) is 94.7 Å². The Hall–Kier alpha value is -3.38. The maximum Gasteiger partial charge on any atom is 0.319 e. The Kier molecular flexibility index (Phi) is 8.13. The van der Waals surface area contributed by atoms with Gasteiger partial charge in [-0.3, -0.25) is 9.88 Å². The summed E-state index contributed by atoms with van der Waals surface area (Å²) in [5, 5.41) is 10.2. The van der Waals surface area contributed by atoms with Crippen LogP contribution in [0.15, 0.2) is 12.3 Å². The van der Waals surface area contributed by atoms with Crippen molar-refractivity contribution in [3.8, 4) is 23.3 Å². The largest absolute Gasteiger partial charge is 0.463 e. The lowest BCUT2D eigenvalue weighted by Gasteiger charge is -2.49. The Morgan fingerprint density at radius 3 is 2.45 bits per heavy atom. The highest BCUT2D eigenvalue weighted by atomic mass is 32.2. The van der Waals surface area contributed by atoms with Gasteiger partial charge in [0.1, 0.15) is 28.1 Å². The SMILES string of the molecule is CN(CC1(N(C)C)CCC1)c1nc(OCC2(CN3C4CCC3CSC4)CC2)nc2c(F)c(-c3cc(F)c(F)c4sc(N)c(C#N)c34)ncc12. The molecule has 9 nitrogen and oxygen atoms in total. The molecule has 0 radical (unpaired) electrons. The minimum atomic E-state index is -1.19. The molecular weight excluding hydrogens is 670 g/mol. The van der Waals surface area contributed by atoms with Gasteiger partial charge in [0.25, 0.3) is 0 Å². The predicted molar refractivity (Wildman–Crippen MR) is 189 cm³/mol. The van der Waals surface area contributed by atoms with Crippen LogP contribution in [0.2, 0.25) is 0 Å². The third kappa shape index (κ3) is 5.48. The van der Waals surface area contributed by atoms with Crippen molar-refractivity contribution in [2.45, 2.75) is 62.6 Å². The summed E-state index contributed by atoms with van der Waals surface area (Å²) in [5.41, 5.74) is 5.56. The van der Waals surface area contributed by atoms with E-state index in [0.717, 1.165) is 56.1 Å². The molecule has 2 aliphatic heterocycles. The predicted octanol–water partition coefficient (Wildman–Crippen LogP) is 6.44. The van der Waals surface area contributed by atoms with Crippen molar-refractivity contribution < 1.29 is 17.9 Å². The standard InChI is InChI=1S/C35H39F3N8OS2/c1-44(2)35(7-4-8-35)17-45(3)32-23-13-41-28(21-11-24(36)26(37)30-25(21)22(12-39)31(40)49-30)27(38)29(23)42-33(43-32)47-18-34(9-10-34)16-46-19-5-6-20(46)15-48-14-19/h11,13,19-20H,4-10,14-18,40H2,1-3H3. The molecular formula is C35H39F3N8OS2. The number of benzene rings is 1. The minimum Gasteiger partial charge on any atom is -0.463 e. The Labute approximate surface area is 291 Å². The molecule has 2 unspecified atom stereocenters. The van der Waals surface area contributed by atoms with Crippen LogP contribution in [0.1, 0.15) is 50.5 Å². The number of pyridine rings is 1. The normalized spacial score (nSPS) is 22.4. The van der Waals surface area contributed by atoms with Crippen molar-refractivity contribution in [1.29, 1.82) is 5.26 Å². The Bertz CT molecular complexity index is 1990. The van der Waals surface area contributed by atoms with Gasteiger partial charge in [-0.15, -0.1) is 11.3 Å². The summed E-state index contributed by atoms with van der Waals surface area (Å²) >= 11 is 2.80.